The van der Waals surface area contributed by atoms with E-state index in [4.69, 9.17) is 9.84 Å². The van der Waals surface area contributed by atoms with Gasteiger partial charge in [0.2, 0.25) is 0 Å². The summed E-state index contributed by atoms with van der Waals surface area (Å²) in [5, 5.41) is 8.66. The van der Waals surface area contributed by atoms with Crippen LogP contribution in [0.4, 0.5) is 0 Å². The zero-order valence-corrected chi connectivity index (χ0v) is 12.5. The van der Waals surface area contributed by atoms with Crippen LogP contribution in [0.3, 0.4) is 0 Å². The molecule has 0 spiro atoms. The first kappa shape index (κ1) is 17.3. The van der Waals surface area contributed by atoms with E-state index in [1.807, 2.05) is 6.92 Å². The van der Waals surface area contributed by atoms with Gasteiger partial charge in [-0.1, -0.05) is 6.92 Å². The first-order valence-electron chi connectivity index (χ1n) is 6.84. The van der Waals surface area contributed by atoms with Gasteiger partial charge in [0.25, 0.3) is 0 Å². The SMILES string of the molecule is CCOC(=O)c1cccnc1.CCc1ncccc1C(=O)O. The number of rotatable bonds is 4. The minimum atomic E-state index is -0.907. The van der Waals surface area contributed by atoms with Crippen LogP contribution in [0.25, 0.3) is 0 Å². The lowest BCUT2D eigenvalue weighted by Crippen LogP contribution is -2.04. The monoisotopic (exact) mass is 302 g/mol. The third-order valence-corrected chi connectivity index (χ3v) is 2.63. The van der Waals surface area contributed by atoms with Crippen molar-refractivity contribution in [2.45, 2.75) is 20.3 Å². The second-order valence-electron chi connectivity index (χ2n) is 4.12. The molecule has 6 nitrogen and oxygen atoms in total. The fraction of sp³-hybridized carbons (Fsp3) is 0.250. The number of nitrogens with zero attached hydrogens (tertiary/aromatic N) is 2. The number of pyridine rings is 2. The van der Waals surface area contributed by atoms with E-state index in [2.05, 4.69) is 9.97 Å². The van der Waals surface area contributed by atoms with Crippen LogP contribution in [-0.4, -0.2) is 33.6 Å². The van der Waals surface area contributed by atoms with Crippen LogP contribution in [0.15, 0.2) is 42.9 Å². The first-order valence-corrected chi connectivity index (χ1v) is 6.84. The van der Waals surface area contributed by atoms with E-state index in [0.29, 0.717) is 29.8 Å². The van der Waals surface area contributed by atoms with Gasteiger partial charge in [0.1, 0.15) is 0 Å². The summed E-state index contributed by atoms with van der Waals surface area (Å²) >= 11 is 0. The standard InChI is InChI=1S/2C8H9NO2/c1-2-11-8(10)7-4-3-5-9-6-7;1-2-7-6(8(10)11)4-3-5-9-7/h3-6H,2H2,1H3;3-5H,2H2,1H3,(H,10,11). The summed E-state index contributed by atoms with van der Waals surface area (Å²) < 4.78 is 4.75. The highest BCUT2D eigenvalue weighted by atomic mass is 16.5. The van der Waals surface area contributed by atoms with Gasteiger partial charge in [0.05, 0.1) is 23.4 Å². The molecule has 0 amide bonds. The molecular formula is C16H18N2O4. The molecule has 0 atom stereocenters. The molecule has 0 aliphatic rings. The zero-order chi connectivity index (χ0) is 16.4. The normalized spacial score (nSPS) is 9.36. The maximum Gasteiger partial charge on any atom is 0.339 e. The molecule has 2 heterocycles. The van der Waals surface area contributed by atoms with Gasteiger partial charge in [-0.25, -0.2) is 9.59 Å². The van der Waals surface area contributed by atoms with Gasteiger partial charge in [-0.05, 0) is 37.6 Å². The maximum atomic E-state index is 11.0. The van der Waals surface area contributed by atoms with Crippen LogP contribution in [-0.2, 0) is 11.2 Å². The quantitative estimate of drug-likeness (QED) is 0.873. The molecule has 1 N–H and O–H groups in total. The highest BCUT2D eigenvalue weighted by Crippen LogP contribution is 2.04. The third kappa shape index (κ3) is 5.32. The number of carboxylic acids is 1. The van der Waals surface area contributed by atoms with E-state index < -0.39 is 5.97 Å². The topological polar surface area (TPSA) is 89.4 Å². The van der Waals surface area contributed by atoms with Crippen molar-refractivity contribution in [2.24, 2.45) is 0 Å². The average Bonchev–Trinajstić information content (AvgIpc) is 2.56. The summed E-state index contributed by atoms with van der Waals surface area (Å²) in [5.74, 6) is -1.23. The van der Waals surface area contributed by atoms with Crippen LogP contribution < -0.4 is 0 Å². The first-order chi connectivity index (χ1) is 10.6. The number of carbonyl (C=O) groups excluding carboxylic acids is 1. The summed E-state index contributed by atoms with van der Waals surface area (Å²) in [6, 6.07) is 6.56. The molecule has 6 heteroatoms. The largest absolute Gasteiger partial charge is 0.478 e. The lowest BCUT2D eigenvalue weighted by atomic mass is 10.1. The zero-order valence-electron chi connectivity index (χ0n) is 12.5. The number of hydrogen-bond donors (Lipinski definition) is 1. The van der Waals surface area contributed by atoms with Gasteiger partial charge in [0.15, 0.2) is 0 Å². The van der Waals surface area contributed by atoms with Gasteiger partial charge < -0.3 is 9.84 Å². The number of ether oxygens (including phenoxy) is 1. The van der Waals surface area contributed by atoms with E-state index in [1.54, 1.807) is 43.6 Å². The molecule has 0 aliphatic carbocycles. The minimum absolute atomic E-state index is 0.301. The van der Waals surface area contributed by atoms with Crippen LogP contribution in [0, 0.1) is 0 Å². The van der Waals surface area contributed by atoms with Crippen molar-refractivity contribution in [3.05, 3.63) is 59.7 Å². The Hall–Kier alpha value is -2.76. The molecule has 116 valence electrons. The van der Waals surface area contributed by atoms with E-state index in [-0.39, 0.29) is 5.97 Å². The maximum absolute atomic E-state index is 11.0. The van der Waals surface area contributed by atoms with Gasteiger partial charge in [-0.15, -0.1) is 0 Å². The number of carbonyl (C=O) groups is 2. The molecule has 0 fully saturated rings. The number of aryl methyl sites for hydroxylation is 1. The summed E-state index contributed by atoms with van der Waals surface area (Å²) in [6.45, 7) is 4.05. The van der Waals surface area contributed by atoms with Gasteiger partial charge in [-0.3, -0.25) is 9.97 Å². The molecule has 22 heavy (non-hydrogen) atoms. The van der Waals surface area contributed by atoms with Crippen molar-refractivity contribution in [3.63, 3.8) is 0 Å². The molecule has 0 saturated heterocycles. The van der Waals surface area contributed by atoms with Crippen molar-refractivity contribution in [1.82, 2.24) is 9.97 Å². The molecule has 0 saturated carbocycles. The molecular weight excluding hydrogens is 284 g/mol. The number of aromatic carboxylic acids is 1. The molecule has 0 aliphatic heterocycles. The Balaban J connectivity index is 0.000000220. The van der Waals surface area contributed by atoms with Crippen molar-refractivity contribution in [2.75, 3.05) is 6.61 Å². The molecule has 0 aromatic carbocycles. The van der Waals surface area contributed by atoms with E-state index in [1.165, 1.54) is 6.20 Å². The molecule has 2 rings (SSSR count). The van der Waals surface area contributed by atoms with Gasteiger partial charge in [0, 0.05) is 18.6 Å². The predicted octanol–water partition coefficient (Wildman–Crippen LogP) is 2.60. The molecule has 0 bridgehead atoms. The molecule has 2 aromatic heterocycles. The highest BCUT2D eigenvalue weighted by molar-refractivity contribution is 5.89. The summed E-state index contributed by atoms with van der Waals surface area (Å²) in [6.07, 6.45) is 5.36. The Bertz CT molecular complexity index is 615. The Morgan fingerprint density at radius 2 is 1.91 bits per heavy atom. The molecule has 2 aromatic rings. The second-order valence-corrected chi connectivity index (χ2v) is 4.12. The van der Waals surface area contributed by atoms with E-state index >= 15 is 0 Å². The highest BCUT2D eigenvalue weighted by Gasteiger charge is 2.07. The minimum Gasteiger partial charge on any atom is -0.478 e. The lowest BCUT2D eigenvalue weighted by Gasteiger charge is -1.99. The van der Waals surface area contributed by atoms with Gasteiger partial charge >= 0.3 is 11.9 Å². The third-order valence-electron chi connectivity index (χ3n) is 2.63. The summed E-state index contributed by atoms with van der Waals surface area (Å²) in [4.78, 5) is 29.2. The van der Waals surface area contributed by atoms with Crippen LogP contribution >= 0.6 is 0 Å². The van der Waals surface area contributed by atoms with Crippen molar-refractivity contribution in [1.29, 1.82) is 0 Å². The predicted molar refractivity (Wildman–Crippen MR) is 80.8 cm³/mol. The fourth-order valence-corrected chi connectivity index (χ4v) is 1.61. The molecule has 0 radical (unpaired) electrons. The van der Waals surface area contributed by atoms with Crippen LogP contribution in [0.5, 0.6) is 0 Å². The Kier molecular flexibility index (Phi) is 7.25. The smallest absolute Gasteiger partial charge is 0.339 e. The van der Waals surface area contributed by atoms with E-state index in [0.717, 1.165) is 0 Å². The number of hydrogen-bond acceptors (Lipinski definition) is 5. The van der Waals surface area contributed by atoms with Crippen molar-refractivity contribution >= 4 is 11.9 Å². The van der Waals surface area contributed by atoms with Gasteiger partial charge in [-0.2, -0.15) is 0 Å². The number of carboxylic acid groups (broad SMARTS) is 1. The fourth-order valence-electron chi connectivity index (χ4n) is 1.61. The van der Waals surface area contributed by atoms with Crippen molar-refractivity contribution in [3.8, 4) is 0 Å². The second kappa shape index (κ2) is 9.23. The van der Waals surface area contributed by atoms with Crippen molar-refractivity contribution < 1.29 is 19.4 Å². The average molecular weight is 302 g/mol. The Labute approximate surface area is 128 Å². The number of aromatic nitrogens is 2. The Morgan fingerprint density at radius 3 is 2.41 bits per heavy atom. The summed E-state index contributed by atoms with van der Waals surface area (Å²) in [7, 11) is 0. The molecule has 0 unspecified atom stereocenters. The van der Waals surface area contributed by atoms with Crippen LogP contribution in [0.1, 0.15) is 40.3 Å². The van der Waals surface area contributed by atoms with E-state index in [9.17, 15) is 9.59 Å². The summed E-state index contributed by atoms with van der Waals surface area (Å²) in [5.41, 5.74) is 1.43. The van der Waals surface area contributed by atoms with Crippen LogP contribution in [0.2, 0.25) is 0 Å². The Morgan fingerprint density at radius 1 is 1.18 bits per heavy atom. The lowest BCUT2D eigenvalue weighted by molar-refractivity contribution is 0.0525. The number of esters is 1.